The lowest BCUT2D eigenvalue weighted by molar-refractivity contribution is -0.117. The molecule has 39 heavy (non-hydrogen) atoms. The number of halogens is 1. The number of methoxy groups -OCH3 is 1. The fraction of sp³-hybridized carbons (Fsp3) is 0.300. The fourth-order valence-electron chi connectivity index (χ4n) is 4.43. The molecule has 0 atom stereocenters. The number of nitrogens with zero attached hydrogens (tertiary/aromatic N) is 3. The Kier molecular flexibility index (Phi) is 9.27. The first-order valence-electron chi connectivity index (χ1n) is 12.9. The van der Waals surface area contributed by atoms with Crippen LogP contribution in [0.2, 0.25) is 0 Å². The SMILES string of the molecule is COCCN(CC(=O)Nc1ccc(N2CCN(C(=O)c3cccc(F)c3)CC2)cc1)C(=O)c1ccc(C)cc1. The first-order valence-corrected chi connectivity index (χ1v) is 12.9. The third kappa shape index (κ3) is 7.42. The van der Waals surface area contributed by atoms with Gasteiger partial charge in [-0.1, -0.05) is 23.8 Å². The van der Waals surface area contributed by atoms with Crippen LogP contribution in [0.4, 0.5) is 15.8 Å². The van der Waals surface area contributed by atoms with Gasteiger partial charge in [-0.05, 0) is 61.5 Å². The van der Waals surface area contributed by atoms with Crippen LogP contribution in [0.15, 0.2) is 72.8 Å². The van der Waals surface area contributed by atoms with Crippen LogP contribution in [0.1, 0.15) is 26.3 Å². The molecule has 1 aliphatic rings. The normalized spacial score (nSPS) is 13.2. The van der Waals surface area contributed by atoms with Crippen molar-refractivity contribution in [2.75, 3.05) is 63.2 Å². The number of amides is 3. The van der Waals surface area contributed by atoms with E-state index in [4.69, 9.17) is 4.74 Å². The van der Waals surface area contributed by atoms with Crippen molar-refractivity contribution in [2.45, 2.75) is 6.92 Å². The molecule has 1 fully saturated rings. The van der Waals surface area contributed by atoms with Gasteiger partial charge in [-0.15, -0.1) is 0 Å². The van der Waals surface area contributed by atoms with E-state index in [2.05, 4.69) is 10.2 Å². The van der Waals surface area contributed by atoms with Crippen molar-refractivity contribution in [1.82, 2.24) is 9.80 Å². The average Bonchev–Trinajstić information content (AvgIpc) is 2.95. The highest BCUT2D eigenvalue weighted by atomic mass is 19.1. The predicted octanol–water partition coefficient (Wildman–Crippen LogP) is 3.82. The van der Waals surface area contributed by atoms with Crippen molar-refractivity contribution in [2.24, 2.45) is 0 Å². The Hall–Kier alpha value is -4.24. The molecular formula is C30H33FN4O4. The predicted molar refractivity (Wildman–Crippen MR) is 149 cm³/mol. The minimum absolute atomic E-state index is 0.0981. The molecule has 0 bridgehead atoms. The highest BCUT2D eigenvalue weighted by Crippen LogP contribution is 2.21. The molecule has 4 rings (SSSR count). The molecule has 0 spiro atoms. The monoisotopic (exact) mass is 532 g/mol. The van der Waals surface area contributed by atoms with Gasteiger partial charge >= 0.3 is 0 Å². The molecule has 1 saturated heterocycles. The lowest BCUT2D eigenvalue weighted by Gasteiger charge is -2.36. The van der Waals surface area contributed by atoms with Crippen LogP contribution in [0.3, 0.4) is 0 Å². The largest absolute Gasteiger partial charge is 0.383 e. The third-order valence-electron chi connectivity index (χ3n) is 6.64. The second-order valence-corrected chi connectivity index (χ2v) is 9.47. The number of nitrogens with one attached hydrogen (secondary N) is 1. The van der Waals surface area contributed by atoms with E-state index in [1.54, 1.807) is 30.2 Å². The molecule has 0 saturated carbocycles. The third-order valence-corrected chi connectivity index (χ3v) is 6.64. The molecule has 0 unspecified atom stereocenters. The van der Waals surface area contributed by atoms with E-state index in [0.29, 0.717) is 56.1 Å². The Bertz CT molecular complexity index is 1290. The number of benzene rings is 3. The van der Waals surface area contributed by atoms with E-state index in [9.17, 15) is 18.8 Å². The molecule has 1 aliphatic heterocycles. The van der Waals surface area contributed by atoms with E-state index in [-0.39, 0.29) is 24.3 Å². The van der Waals surface area contributed by atoms with Gasteiger partial charge in [0.2, 0.25) is 5.91 Å². The van der Waals surface area contributed by atoms with Gasteiger partial charge in [0.05, 0.1) is 6.61 Å². The molecule has 0 aliphatic carbocycles. The number of ether oxygens (including phenoxy) is 1. The van der Waals surface area contributed by atoms with Crippen LogP contribution in [0.25, 0.3) is 0 Å². The summed E-state index contributed by atoms with van der Waals surface area (Å²) in [4.78, 5) is 43.8. The molecular weight excluding hydrogens is 499 g/mol. The van der Waals surface area contributed by atoms with Crippen molar-refractivity contribution in [3.63, 3.8) is 0 Å². The van der Waals surface area contributed by atoms with Gasteiger partial charge in [-0.25, -0.2) is 4.39 Å². The lowest BCUT2D eigenvalue weighted by Crippen LogP contribution is -2.48. The number of carbonyl (C=O) groups is 3. The minimum atomic E-state index is -0.424. The van der Waals surface area contributed by atoms with Crippen LogP contribution < -0.4 is 10.2 Å². The fourth-order valence-corrected chi connectivity index (χ4v) is 4.43. The van der Waals surface area contributed by atoms with Gasteiger partial charge in [0.25, 0.3) is 11.8 Å². The van der Waals surface area contributed by atoms with Gasteiger partial charge in [-0.3, -0.25) is 14.4 Å². The molecule has 0 radical (unpaired) electrons. The number of anilines is 2. The standard InChI is InChI=1S/C30H33FN4O4/c1-22-6-8-23(9-7-22)29(37)35(18-19-39-2)21-28(36)32-26-10-12-27(13-11-26)33-14-16-34(17-15-33)30(38)24-4-3-5-25(31)20-24/h3-13,20H,14-19,21H2,1-2H3,(H,32,36). The molecule has 8 nitrogen and oxygen atoms in total. The summed E-state index contributed by atoms with van der Waals surface area (Å²) in [5.74, 6) is -1.13. The van der Waals surface area contributed by atoms with E-state index < -0.39 is 5.82 Å². The zero-order valence-corrected chi connectivity index (χ0v) is 22.2. The van der Waals surface area contributed by atoms with Crippen molar-refractivity contribution in [3.8, 4) is 0 Å². The Balaban J connectivity index is 1.31. The van der Waals surface area contributed by atoms with Crippen molar-refractivity contribution >= 4 is 29.1 Å². The van der Waals surface area contributed by atoms with E-state index >= 15 is 0 Å². The molecule has 1 heterocycles. The Labute approximate surface area is 228 Å². The summed E-state index contributed by atoms with van der Waals surface area (Å²) in [7, 11) is 1.55. The average molecular weight is 533 g/mol. The van der Waals surface area contributed by atoms with Gasteiger partial charge in [0.15, 0.2) is 0 Å². The summed E-state index contributed by atoms with van der Waals surface area (Å²) in [5.41, 5.74) is 3.52. The molecule has 0 aromatic heterocycles. The summed E-state index contributed by atoms with van der Waals surface area (Å²) in [6.07, 6.45) is 0. The quantitative estimate of drug-likeness (QED) is 0.453. The number of carbonyl (C=O) groups excluding carboxylic acids is 3. The molecule has 3 aromatic rings. The van der Waals surface area contributed by atoms with Crippen LogP contribution >= 0.6 is 0 Å². The number of piperazine rings is 1. The van der Waals surface area contributed by atoms with Crippen molar-refractivity contribution < 1.29 is 23.5 Å². The maximum Gasteiger partial charge on any atom is 0.254 e. The van der Waals surface area contributed by atoms with Crippen molar-refractivity contribution in [1.29, 1.82) is 0 Å². The topological polar surface area (TPSA) is 82.2 Å². The molecule has 1 N–H and O–H groups in total. The van der Waals surface area contributed by atoms with Crippen LogP contribution in [-0.4, -0.2) is 80.5 Å². The van der Waals surface area contributed by atoms with Gasteiger partial charge in [0, 0.05) is 62.3 Å². The number of rotatable bonds is 9. The zero-order valence-electron chi connectivity index (χ0n) is 22.2. The van der Waals surface area contributed by atoms with Crippen LogP contribution in [-0.2, 0) is 9.53 Å². The highest BCUT2D eigenvalue weighted by molar-refractivity contribution is 5.99. The van der Waals surface area contributed by atoms with Gasteiger partial charge in [-0.2, -0.15) is 0 Å². The summed E-state index contributed by atoms with van der Waals surface area (Å²) >= 11 is 0. The lowest BCUT2D eigenvalue weighted by atomic mass is 10.1. The van der Waals surface area contributed by atoms with E-state index in [1.165, 1.54) is 23.1 Å². The minimum Gasteiger partial charge on any atom is -0.383 e. The molecule has 204 valence electrons. The second kappa shape index (κ2) is 13.0. The maximum absolute atomic E-state index is 13.5. The summed E-state index contributed by atoms with van der Waals surface area (Å²) in [5, 5.41) is 2.86. The molecule has 9 heteroatoms. The molecule has 3 aromatic carbocycles. The Morgan fingerprint density at radius 3 is 2.26 bits per heavy atom. The van der Waals surface area contributed by atoms with Gasteiger partial charge in [0.1, 0.15) is 12.4 Å². The van der Waals surface area contributed by atoms with Crippen molar-refractivity contribution in [3.05, 3.63) is 95.3 Å². The maximum atomic E-state index is 13.5. The van der Waals surface area contributed by atoms with Gasteiger partial charge < -0.3 is 24.8 Å². The highest BCUT2D eigenvalue weighted by Gasteiger charge is 2.23. The number of hydrogen-bond donors (Lipinski definition) is 1. The van der Waals surface area contributed by atoms with E-state index in [0.717, 1.165) is 11.3 Å². The Morgan fingerprint density at radius 1 is 0.923 bits per heavy atom. The summed E-state index contributed by atoms with van der Waals surface area (Å²) in [6.45, 7) is 4.81. The Morgan fingerprint density at radius 2 is 1.62 bits per heavy atom. The summed E-state index contributed by atoms with van der Waals surface area (Å²) in [6, 6.07) is 20.5. The van der Waals surface area contributed by atoms with E-state index in [1.807, 2.05) is 43.3 Å². The number of hydrogen-bond acceptors (Lipinski definition) is 5. The zero-order chi connectivity index (χ0) is 27.8. The molecule has 3 amide bonds. The first kappa shape index (κ1) is 27.8. The smallest absolute Gasteiger partial charge is 0.254 e. The first-order chi connectivity index (χ1) is 18.8. The summed E-state index contributed by atoms with van der Waals surface area (Å²) < 4.78 is 18.6. The van der Waals surface area contributed by atoms with Crippen LogP contribution in [0, 0.1) is 12.7 Å². The number of aryl methyl sites for hydroxylation is 1. The van der Waals surface area contributed by atoms with Crippen LogP contribution in [0.5, 0.6) is 0 Å². The second-order valence-electron chi connectivity index (χ2n) is 9.47.